The van der Waals surface area contributed by atoms with Crippen LogP contribution in [0.4, 0.5) is 5.95 Å². The summed E-state index contributed by atoms with van der Waals surface area (Å²) in [6.45, 7) is 2.64. The normalized spacial score (nSPS) is 10.2. The first-order chi connectivity index (χ1) is 12.5. The number of aromatic nitrogens is 4. The zero-order valence-electron chi connectivity index (χ0n) is 14.9. The zero-order valence-corrected chi connectivity index (χ0v) is 15.7. The number of benzene rings is 1. The van der Waals surface area contributed by atoms with Gasteiger partial charge in [-0.1, -0.05) is 12.0 Å². The number of carbonyl (C=O) groups is 1. The van der Waals surface area contributed by atoms with E-state index in [0.29, 0.717) is 23.8 Å². The molecule has 0 aliphatic rings. The third-order valence-corrected chi connectivity index (χ3v) is 3.46. The average Bonchev–Trinajstić information content (AvgIpc) is 3.07. The van der Waals surface area contributed by atoms with Crippen LogP contribution in [0.1, 0.15) is 23.7 Å². The fourth-order valence-corrected chi connectivity index (χ4v) is 2.29. The summed E-state index contributed by atoms with van der Waals surface area (Å²) in [6, 6.07) is 3.05. The quantitative estimate of drug-likeness (QED) is 0.685. The van der Waals surface area contributed by atoms with Crippen LogP contribution in [0.25, 0.3) is 0 Å². The number of anilines is 1. The van der Waals surface area contributed by atoms with Crippen LogP contribution in [0, 0.1) is 0 Å². The van der Waals surface area contributed by atoms with Crippen LogP contribution < -0.4 is 24.8 Å². The molecule has 26 heavy (non-hydrogen) atoms. The fraction of sp³-hybridized carbons (Fsp3) is 0.400. The van der Waals surface area contributed by atoms with E-state index >= 15 is 0 Å². The number of hydrogen-bond donors (Lipinski definition) is 2. The van der Waals surface area contributed by atoms with Crippen molar-refractivity contribution in [2.45, 2.75) is 19.9 Å². The topological polar surface area (TPSA) is 112 Å². The summed E-state index contributed by atoms with van der Waals surface area (Å²) in [7, 11) is 4.42. The molecule has 0 saturated heterocycles. The molecule has 0 saturated carbocycles. The molecule has 0 atom stereocenters. The van der Waals surface area contributed by atoms with Crippen LogP contribution in [0.5, 0.6) is 17.2 Å². The van der Waals surface area contributed by atoms with Gasteiger partial charge in [0.1, 0.15) is 0 Å². The van der Waals surface area contributed by atoms with Gasteiger partial charge in [0.2, 0.25) is 5.75 Å². The van der Waals surface area contributed by atoms with Gasteiger partial charge in [0, 0.05) is 5.56 Å². The summed E-state index contributed by atoms with van der Waals surface area (Å²) in [5.41, 5.74) is 0.284. The molecule has 1 amide bonds. The highest BCUT2D eigenvalue weighted by Gasteiger charge is 2.18. The number of carbonyl (C=O) groups excluding carboxylic acids is 1. The van der Waals surface area contributed by atoms with E-state index in [2.05, 4.69) is 26.0 Å². The van der Waals surface area contributed by atoms with E-state index in [4.69, 9.17) is 26.4 Å². The third-order valence-electron chi connectivity index (χ3n) is 3.26. The van der Waals surface area contributed by atoms with E-state index in [1.807, 2.05) is 6.92 Å². The van der Waals surface area contributed by atoms with E-state index in [1.54, 1.807) is 0 Å². The van der Waals surface area contributed by atoms with Crippen molar-refractivity contribution in [3.63, 3.8) is 0 Å². The van der Waals surface area contributed by atoms with Gasteiger partial charge in [-0.15, -0.1) is 5.10 Å². The van der Waals surface area contributed by atoms with Gasteiger partial charge in [-0.05, 0) is 36.0 Å². The molecular weight excluding hydrogens is 360 g/mol. The monoisotopic (exact) mass is 380 g/mol. The Morgan fingerprint density at radius 2 is 1.85 bits per heavy atom. The molecule has 1 aromatic heterocycles. The number of methoxy groups -OCH3 is 3. The maximum absolute atomic E-state index is 12.4. The lowest BCUT2D eigenvalue weighted by atomic mass is 10.1. The highest BCUT2D eigenvalue weighted by atomic mass is 32.1. The van der Waals surface area contributed by atoms with Gasteiger partial charge >= 0.3 is 0 Å². The summed E-state index contributed by atoms with van der Waals surface area (Å²) < 4.78 is 15.7. The van der Waals surface area contributed by atoms with Crippen LogP contribution in [-0.2, 0) is 6.54 Å². The second-order valence-electron chi connectivity index (χ2n) is 5.03. The molecular formula is C15H20N6O4S. The van der Waals surface area contributed by atoms with E-state index in [1.165, 1.54) is 38.3 Å². The Hall–Kier alpha value is -2.95. The molecule has 140 valence electrons. The van der Waals surface area contributed by atoms with Crippen LogP contribution in [-0.4, -0.2) is 52.6 Å². The molecule has 2 rings (SSSR count). The molecule has 2 aromatic rings. The zero-order chi connectivity index (χ0) is 19.1. The molecule has 0 radical (unpaired) electrons. The van der Waals surface area contributed by atoms with Crippen molar-refractivity contribution < 1.29 is 19.0 Å². The summed E-state index contributed by atoms with van der Waals surface area (Å²) in [4.78, 5) is 13.9. The van der Waals surface area contributed by atoms with Gasteiger partial charge in [0.25, 0.3) is 11.9 Å². The Bertz CT molecular complexity index is 769. The van der Waals surface area contributed by atoms with E-state index in [-0.39, 0.29) is 16.6 Å². The van der Waals surface area contributed by atoms with Crippen LogP contribution in [0.3, 0.4) is 0 Å². The number of thiocarbonyl (C=S) groups is 1. The number of nitrogens with zero attached hydrogens (tertiary/aromatic N) is 4. The van der Waals surface area contributed by atoms with E-state index in [0.717, 1.165) is 6.42 Å². The van der Waals surface area contributed by atoms with Crippen LogP contribution >= 0.6 is 12.2 Å². The second kappa shape index (κ2) is 8.94. The Kier molecular flexibility index (Phi) is 6.67. The molecule has 1 aromatic carbocycles. The Morgan fingerprint density at radius 1 is 1.19 bits per heavy atom. The lowest BCUT2D eigenvalue weighted by Crippen LogP contribution is -2.34. The minimum atomic E-state index is -0.456. The number of nitrogens with one attached hydrogen (secondary N) is 2. The largest absolute Gasteiger partial charge is 0.493 e. The van der Waals surface area contributed by atoms with Crippen molar-refractivity contribution in [3.8, 4) is 17.2 Å². The average molecular weight is 380 g/mol. The molecule has 0 aliphatic carbocycles. The van der Waals surface area contributed by atoms with E-state index in [9.17, 15) is 4.79 Å². The molecule has 0 bridgehead atoms. The number of aryl methyl sites for hydroxylation is 1. The molecule has 0 aliphatic heterocycles. The number of hydrogen-bond acceptors (Lipinski definition) is 8. The maximum atomic E-state index is 12.4. The summed E-state index contributed by atoms with van der Waals surface area (Å²) in [5, 5.41) is 17.0. The number of amides is 1. The molecule has 2 N–H and O–H groups in total. The minimum absolute atomic E-state index is 0.0415. The van der Waals surface area contributed by atoms with Gasteiger partial charge in [-0.25, -0.2) is 0 Å². The molecule has 0 fully saturated rings. The maximum Gasteiger partial charge on any atom is 0.269 e. The first-order valence-corrected chi connectivity index (χ1v) is 8.13. The molecule has 10 nitrogen and oxygen atoms in total. The Balaban J connectivity index is 2.09. The molecule has 0 spiro atoms. The Morgan fingerprint density at radius 3 is 2.38 bits per heavy atom. The first kappa shape index (κ1) is 19.4. The number of rotatable bonds is 7. The standard InChI is InChI=1S/C15H20N6O4S/c1-5-6-21-19-14(18-20-21)17-15(26)16-13(22)9-7-10(23-2)12(25-4)11(8-9)24-3/h7-8H,5-6H2,1-4H3,(H2,16,17,19,22,26). The highest BCUT2D eigenvalue weighted by molar-refractivity contribution is 7.80. The molecule has 1 heterocycles. The van der Waals surface area contributed by atoms with Gasteiger partial charge < -0.3 is 14.2 Å². The van der Waals surface area contributed by atoms with Gasteiger partial charge in [0.15, 0.2) is 16.6 Å². The number of tetrazole rings is 1. The van der Waals surface area contributed by atoms with Crippen molar-refractivity contribution in [3.05, 3.63) is 17.7 Å². The van der Waals surface area contributed by atoms with Crippen LogP contribution in [0.15, 0.2) is 12.1 Å². The SMILES string of the molecule is CCCn1nnc(NC(=S)NC(=O)c2cc(OC)c(OC)c(OC)c2)n1. The number of ether oxygens (including phenoxy) is 3. The minimum Gasteiger partial charge on any atom is -0.493 e. The second-order valence-corrected chi connectivity index (χ2v) is 5.44. The third kappa shape index (κ3) is 4.57. The van der Waals surface area contributed by atoms with Crippen molar-refractivity contribution in [2.24, 2.45) is 0 Å². The predicted octanol–water partition coefficient (Wildman–Crippen LogP) is 1.24. The molecule has 0 unspecified atom stereocenters. The summed E-state index contributed by atoms with van der Waals surface area (Å²) in [5.74, 6) is 0.862. The van der Waals surface area contributed by atoms with Gasteiger partial charge in [0.05, 0.1) is 27.9 Å². The van der Waals surface area contributed by atoms with E-state index < -0.39 is 5.91 Å². The lowest BCUT2D eigenvalue weighted by Gasteiger charge is -2.14. The van der Waals surface area contributed by atoms with Gasteiger partial charge in [-0.2, -0.15) is 4.80 Å². The van der Waals surface area contributed by atoms with Gasteiger partial charge in [-0.3, -0.25) is 15.4 Å². The predicted molar refractivity (Wildman–Crippen MR) is 97.9 cm³/mol. The first-order valence-electron chi connectivity index (χ1n) is 7.72. The highest BCUT2D eigenvalue weighted by Crippen LogP contribution is 2.38. The van der Waals surface area contributed by atoms with Crippen LogP contribution in [0.2, 0.25) is 0 Å². The van der Waals surface area contributed by atoms with Crippen molar-refractivity contribution in [2.75, 3.05) is 26.6 Å². The lowest BCUT2D eigenvalue weighted by molar-refractivity contribution is 0.0977. The molecule has 11 heteroatoms. The Labute approximate surface area is 155 Å². The van der Waals surface area contributed by atoms with Crippen molar-refractivity contribution >= 4 is 29.2 Å². The van der Waals surface area contributed by atoms with Crippen molar-refractivity contribution in [1.82, 2.24) is 25.5 Å². The summed E-state index contributed by atoms with van der Waals surface area (Å²) >= 11 is 5.11. The fourth-order valence-electron chi connectivity index (χ4n) is 2.11. The summed E-state index contributed by atoms with van der Waals surface area (Å²) in [6.07, 6.45) is 0.873. The van der Waals surface area contributed by atoms with Crippen molar-refractivity contribution in [1.29, 1.82) is 0 Å². The smallest absolute Gasteiger partial charge is 0.269 e.